The largest absolute Gasteiger partial charge is 0.391 e. The molecule has 62 valence electrons. The molecule has 1 saturated heterocycles. The monoisotopic (exact) mass is 175 g/mol. The highest BCUT2D eigenvalue weighted by atomic mass is 32.2. The number of hydrogen-bond donors (Lipinski definition) is 1. The fourth-order valence-electron chi connectivity index (χ4n) is 1.11. The fourth-order valence-corrected chi connectivity index (χ4v) is 2.64. The van der Waals surface area contributed by atoms with Crippen LogP contribution in [0.25, 0.3) is 0 Å². The lowest BCUT2D eigenvalue weighted by atomic mass is 10.0. The first-order chi connectivity index (χ1) is 5.05. The first kappa shape index (κ1) is 8.50. The molecule has 1 aliphatic rings. The van der Waals surface area contributed by atoms with E-state index in [9.17, 15) is 8.42 Å². The van der Waals surface area contributed by atoms with Gasteiger partial charge in [-0.1, -0.05) is 0 Å². The number of nitriles is 1. The minimum atomic E-state index is -3.08. The third-order valence-corrected chi connectivity index (χ3v) is 3.50. The molecule has 0 radical (unpaired) electrons. The summed E-state index contributed by atoms with van der Waals surface area (Å²) in [5.41, 5.74) is 0. The second-order valence-electron chi connectivity index (χ2n) is 2.71. The quantitative estimate of drug-likeness (QED) is 0.528. The van der Waals surface area contributed by atoms with Gasteiger partial charge in [-0.3, -0.25) is 0 Å². The lowest BCUT2D eigenvalue weighted by Gasteiger charge is -2.21. The minimum absolute atomic E-state index is 0.0300. The lowest BCUT2D eigenvalue weighted by Crippen LogP contribution is -2.36. The van der Waals surface area contributed by atoms with Gasteiger partial charge >= 0.3 is 0 Å². The van der Waals surface area contributed by atoms with Gasteiger partial charge in [-0.25, -0.2) is 8.42 Å². The van der Waals surface area contributed by atoms with Crippen LogP contribution in [0.15, 0.2) is 0 Å². The van der Waals surface area contributed by atoms with E-state index in [-0.39, 0.29) is 17.9 Å². The van der Waals surface area contributed by atoms with Gasteiger partial charge in [0, 0.05) is 0 Å². The van der Waals surface area contributed by atoms with Crippen molar-refractivity contribution in [3.05, 3.63) is 0 Å². The van der Waals surface area contributed by atoms with E-state index in [0.717, 1.165) is 0 Å². The van der Waals surface area contributed by atoms with Gasteiger partial charge < -0.3 is 5.11 Å². The van der Waals surface area contributed by atoms with E-state index in [1.54, 1.807) is 0 Å². The average molecular weight is 175 g/mol. The summed E-state index contributed by atoms with van der Waals surface area (Å²) in [5, 5.41) is 17.5. The molecule has 0 amide bonds. The van der Waals surface area contributed by atoms with Crippen molar-refractivity contribution in [2.24, 2.45) is 5.92 Å². The summed E-state index contributed by atoms with van der Waals surface area (Å²) >= 11 is 0. The normalized spacial score (nSPS) is 36.0. The van der Waals surface area contributed by atoms with Crippen molar-refractivity contribution in [2.75, 3.05) is 11.5 Å². The van der Waals surface area contributed by atoms with E-state index in [1.165, 1.54) is 0 Å². The highest BCUT2D eigenvalue weighted by Crippen LogP contribution is 2.18. The summed E-state index contributed by atoms with van der Waals surface area (Å²) in [7, 11) is -3.08. The first-order valence-electron chi connectivity index (χ1n) is 3.33. The predicted molar refractivity (Wildman–Crippen MR) is 38.4 cm³/mol. The number of nitrogens with zero attached hydrogens (tertiary/aromatic N) is 1. The molecule has 0 aromatic carbocycles. The molecule has 0 bridgehead atoms. The summed E-state index contributed by atoms with van der Waals surface area (Å²) < 4.78 is 21.7. The lowest BCUT2D eigenvalue weighted by molar-refractivity contribution is 0.148. The molecule has 0 aromatic heterocycles. The highest BCUT2D eigenvalue weighted by Gasteiger charge is 2.31. The van der Waals surface area contributed by atoms with Gasteiger partial charge in [-0.05, 0) is 6.42 Å². The Balaban J connectivity index is 2.71. The maximum Gasteiger partial charge on any atom is 0.152 e. The van der Waals surface area contributed by atoms with Crippen LogP contribution in [-0.2, 0) is 9.84 Å². The summed E-state index contributed by atoms with van der Waals surface area (Å²) in [5.74, 6) is -0.730. The van der Waals surface area contributed by atoms with Gasteiger partial charge in [-0.2, -0.15) is 5.26 Å². The van der Waals surface area contributed by atoms with Crippen molar-refractivity contribution in [3.8, 4) is 6.07 Å². The van der Waals surface area contributed by atoms with E-state index in [2.05, 4.69) is 0 Å². The highest BCUT2D eigenvalue weighted by molar-refractivity contribution is 7.91. The number of aliphatic hydroxyl groups is 1. The molecule has 1 N–H and O–H groups in total. The van der Waals surface area contributed by atoms with E-state index in [1.807, 2.05) is 6.07 Å². The van der Waals surface area contributed by atoms with Gasteiger partial charge in [0.1, 0.15) is 0 Å². The van der Waals surface area contributed by atoms with E-state index in [0.29, 0.717) is 0 Å². The predicted octanol–water partition coefficient (Wildman–Crippen LogP) is -0.694. The first-order valence-corrected chi connectivity index (χ1v) is 5.15. The summed E-state index contributed by atoms with van der Waals surface area (Å²) in [6.07, 6.45) is -0.723. The zero-order valence-corrected chi connectivity index (χ0v) is 6.71. The smallest absolute Gasteiger partial charge is 0.152 e. The molecule has 0 aliphatic carbocycles. The molecule has 1 heterocycles. The maximum absolute atomic E-state index is 10.9. The average Bonchev–Trinajstić information content (AvgIpc) is 1.86. The molecule has 0 spiro atoms. The van der Waals surface area contributed by atoms with Crippen LogP contribution in [0.3, 0.4) is 0 Å². The molecular formula is C6H9NO3S. The van der Waals surface area contributed by atoms with Crippen LogP contribution >= 0.6 is 0 Å². The Morgan fingerprint density at radius 3 is 2.64 bits per heavy atom. The minimum Gasteiger partial charge on any atom is -0.391 e. The molecule has 11 heavy (non-hydrogen) atoms. The molecule has 0 unspecified atom stereocenters. The summed E-state index contributed by atoms with van der Waals surface area (Å²) in [6.45, 7) is 0. The van der Waals surface area contributed by atoms with Crippen molar-refractivity contribution in [3.63, 3.8) is 0 Å². The third-order valence-electron chi connectivity index (χ3n) is 1.79. The van der Waals surface area contributed by atoms with Crippen LogP contribution in [0.4, 0.5) is 0 Å². The van der Waals surface area contributed by atoms with Crippen LogP contribution < -0.4 is 0 Å². The van der Waals surface area contributed by atoms with Crippen molar-refractivity contribution < 1.29 is 13.5 Å². The standard InChI is InChI=1S/C6H9NO3S/c7-3-5-1-2-11(9,10)4-6(5)8/h5-6,8H,1-2,4H2/t5-,6+/m1/s1. The maximum atomic E-state index is 10.9. The van der Waals surface area contributed by atoms with Crippen LogP contribution in [-0.4, -0.2) is 31.1 Å². The number of sulfone groups is 1. The van der Waals surface area contributed by atoms with Crippen molar-refractivity contribution >= 4 is 9.84 Å². The summed E-state index contributed by atoms with van der Waals surface area (Å²) in [4.78, 5) is 0. The fraction of sp³-hybridized carbons (Fsp3) is 0.833. The Bertz CT molecular complexity index is 277. The second-order valence-corrected chi connectivity index (χ2v) is 4.93. The third kappa shape index (κ3) is 1.91. The second kappa shape index (κ2) is 2.80. The van der Waals surface area contributed by atoms with Gasteiger partial charge in [0.15, 0.2) is 9.84 Å². The Labute approximate surface area is 65.4 Å². The van der Waals surface area contributed by atoms with Crippen molar-refractivity contribution in [1.29, 1.82) is 5.26 Å². The molecule has 4 nitrogen and oxygen atoms in total. The van der Waals surface area contributed by atoms with Gasteiger partial charge in [0.25, 0.3) is 0 Å². The number of hydrogen-bond acceptors (Lipinski definition) is 4. The molecule has 2 atom stereocenters. The van der Waals surface area contributed by atoms with E-state index in [4.69, 9.17) is 10.4 Å². The molecule has 1 rings (SSSR count). The van der Waals surface area contributed by atoms with Crippen LogP contribution in [0.1, 0.15) is 6.42 Å². The Morgan fingerprint density at radius 1 is 1.55 bits per heavy atom. The SMILES string of the molecule is N#C[C@H]1CCS(=O)(=O)C[C@@H]1O. The Kier molecular flexibility index (Phi) is 2.16. The molecule has 5 heteroatoms. The van der Waals surface area contributed by atoms with Crippen molar-refractivity contribution in [2.45, 2.75) is 12.5 Å². The molecule has 0 aromatic rings. The zero-order valence-electron chi connectivity index (χ0n) is 5.90. The van der Waals surface area contributed by atoms with E-state index >= 15 is 0 Å². The van der Waals surface area contributed by atoms with Crippen LogP contribution in [0.2, 0.25) is 0 Å². The number of rotatable bonds is 0. The molecule has 1 fully saturated rings. The van der Waals surface area contributed by atoms with Crippen LogP contribution in [0, 0.1) is 17.2 Å². The molecular weight excluding hydrogens is 166 g/mol. The number of aliphatic hydroxyl groups excluding tert-OH is 1. The Morgan fingerprint density at radius 2 is 2.18 bits per heavy atom. The molecule has 0 saturated carbocycles. The van der Waals surface area contributed by atoms with Gasteiger partial charge in [0.05, 0.1) is 29.6 Å². The van der Waals surface area contributed by atoms with Crippen LogP contribution in [0.5, 0.6) is 0 Å². The van der Waals surface area contributed by atoms with Crippen molar-refractivity contribution in [1.82, 2.24) is 0 Å². The van der Waals surface area contributed by atoms with E-state index < -0.39 is 21.9 Å². The zero-order chi connectivity index (χ0) is 8.48. The van der Waals surface area contributed by atoms with Gasteiger partial charge in [-0.15, -0.1) is 0 Å². The molecule has 1 aliphatic heterocycles. The summed E-state index contributed by atoms with van der Waals surface area (Å²) in [6, 6.07) is 1.88. The Hall–Kier alpha value is -0.600. The van der Waals surface area contributed by atoms with Gasteiger partial charge in [0.2, 0.25) is 0 Å². The topological polar surface area (TPSA) is 78.2 Å².